The lowest BCUT2D eigenvalue weighted by Gasteiger charge is -2.32. The standard InChI is InChI=1S/C11H12FNO/c1-8-11-6-10(12)3-2-9(11)4-5-13(8)7-14/h2-3,6-8H,4-5H2,1H3. The Morgan fingerprint density at radius 2 is 2.36 bits per heavy atom. The van der Waals surface area contributed by atoms with Gasteiger partial charge in [0.05, 0.1) is 6.04 Å². The van der Waals surface area contributed by atoms with Gasteiger partial charge in [-0.05, 0) is 36.6 Å². The Hall–Kier alpha value is -1.38. The van der Waals surface area contributed by atoms with E-state index in [-0.39, 0.29) is 11.9 Å². The molecule has 1 aromatic rings. The number of hydrogen-bond acceptors (Lipinski definition) is 1. The van der Waals surface area contributed by atoms with E-state index in [4.69, 9.17) is 0 Å². The zero-order chi connectivity index (χ0) is 10.1. The second-order valence-electron chi connectivity index (χ2n) is 3.61. The van der Waals surface area contributed by atoms with E-state index in [1.54, 1.807) is 4.90 Å². The van der Waals surface area contributed by atoms with Gasteiger partial charge in [0.25, 0.3) is 0 Å². The molecule has 1 heterocycles. The van der Waals surface area contributed by atoms with Gasteiger partial charge in [-0.3, -0.25) is 4.79 Å². The van der Waals surface area contributed by atoms with Crippen LogP contribution in [0.5, 0.6) is 0 Å². The molecule has 1 aliphatic rings. The molecule has 0 radical (unpaired) electrons. The van der Waals surface area contributed by atoms with Crippen molar-refractivity contribution in [2.24, 2.45) is 0 Å². The maximum atomic E-state index is 13.0. The number of fused-ring (bicyclic) bond motifs is 1. The highest BCUT2D eigenvalue weighted by Crippen LogP contribution is 2.28. The molecule has 0 aromatic heterocycles. The molecule has 0 saturated carbocycles. The van der Waals surface area contributed by atoms with Crippen LogP contribution in [-0.4, -0.2) is 17.9 Å². The quantitative estimate of drug-likeness (QED) is 0.624. The van der Waals surface area contributed by atoms with E-state index in [1.165, 1.54) is 12.1 Å². The highest BCUT2D eigenvalue weighted by molar-refractivity contribution is 5.51. The summed E-state index contributed by atoms with van der Waals surface area (Å²) >= 11 is 0. The van der Waals surface area contributed by atoms with Crippen molar-refractivity contribution in [2.45, 2.75) is 19.4 Å². The predicted octanol–water partition coefficient (Wildman–Crippen LogP) is 1.90. The molecule has 1 unspecified atom stereocenters. The fraction of sp³-hybridized carbons (Fsp3) is 0.364. The van der Waals surface area contributed by atoms with E-state index in [1.807, 2.05) is 13.0 Å². The number of nitrogens with zero attached hydrogens (tertiary/aromatic N) is 1. The van der Waals surface area contributed by atoms with Gasteiger partial charge in [0.15, 0.2) is 0 Å². The third-order valence-electron chi connectivity index (χ3n) is 2.83. The smallest absolute Gasteiger partial charge is 0.210 e. The summed E-state index contributed by atoms with van der Waals surface area (Å²) in [5.74, 6) is -0.233. The molecule has 0 aliphatic carbocycles. The second-order valence-corrected chi connectivity index (χ2v) is 3.61. The molecular weight excluding hydrogens is 181 g/mol. The van der Waals surface area contributed by atoms with Gasteiger partial charge in [0.2, 0.25) is 6.41 Å². The highest BCUT2D eigenvalue weighted by atomic mass is 19.1. The third-order valence-corrected chi connectivity index (χ3v) is 2.83. The lowest BCUT2D eigenvalue weighted by molar-refractivity contribution is -0.120. The van der Waals surface area contributed by atoms with E-state index in [2.05, 4.69) is 0 Å². The normalized spacial score (nSPS) is 20.4. The average Bonchev–Trinajstić information content (AvgIpc) is 2.20. The van der Waals surface area contributed by atoms with E-state index in [0.29, 0.717) is 0 Å². The van der Waals surface area contributed by atoms with Gasteiger partial charge in [0.1, 0.15) is 5.82 Å². The first kappa shape index (κ1) is 9.19. The first-order valence-electron chi connectivity index (χ1n) is 4.71. The van der Waals surface area contributed by atoms with Crippen molar-refractivity contribution < 1.29 is 9.18 Å². The van der Waals surface area contributed by atoms with Gasteiger partial charge in [0, 0.05) is 6.54 Å². The Morgan fingerprint density at radius 1 is 1.57 bits per heavy atom. The van der Waals surface area contributed by atoms with Crippen molar-refractivity contribution in [1.82, 2.24) is 4.90 Å². The highest BCUT2D eigenvalue weighted by Gasteiger charge is 2.22. The maximum absolute atomic E-state index is 13.0. The van der Waals surface area contributed by atoms with Gasteiger partial charge in [-0.1, -0.05) is 6.07 Å². The number of halogens is 1. The summed E-state index contributed by atoms with van der Waals surface area (Å²) in [6.07, 6.45) is 1.65. The predicted molar refractivity (Wildman–Crippen MR) is 51.3 cm³/mol. The van der Waals surface area contributed by atoms with Crippen LogP contribution in [-0.2, 0) is 11.2 Å². The fourth-order valence-corrected chi connectivity index (χ4v) is 1.95. The number of hydrogen-bond donors (Lipinski definition) is 0. The largest absolute Gasteiger partial charge is 0.338 e. The van der Waals surface area contributed by atoms with Crippen LogP contribution in [0.3, 0.4) is 0 Å². The SMILES string of the molecule is CC1c2cc(F)ccc2CCN1C=O. The minimum Gasteiger partial charge on any atom is -0.338 e. The minimum absolute atomic E-state index is 0.00745. The lowest BCUT2D eigenvalue weighted by Crippen LogP contribution is -2.32. The lowest BCUT2D eigenvalue weighted by atomic mass is 9.94. The molecule has 0 fully saturated rings. The average molecular weight is 193 g/mol. The van der Waals surface area contributed by atoms with Crippen LogP contribution in [0.2, 0.25) is 0 Å². The molecule has 3 heteroatoms. The van der Waals surface area contributed by atoms with E-state index >= 15 is 0 Å². The summed E-state index contributed by atoms with van der Waals surface area (Å²) in [4.78, 5) is 12.4. The molecule has 2 nitrogen and oxygen atoms in total. The number of carbonyl (C=O) groups excluding carboxylic acids is 1. The summed E-state index contributed by atoms with van der Waals surface area (Å²) < 4.78 is 13.0. The molecule has 1 atom stereocenters. The molecule has 0 N–H and O–H groups in total. The first-order chi connectivity index (χ1) is 6.72. The molecule has 0 bridgehead atoms. The van der Waals surface area contributed by atoms with E-state index in [9.17, 15) is 9.18 Å². The summed E-state index contributed by atoms with van der Waals surface area (Å²) in [6, 6.07) is 4.80. The molecule has 1 aliphatic heterocycles. The van der Waals surface area contributed by atoms with Gasteiger partial charge < -0.3 is 4.90 Å². The monoisotopic (exact) mass is 193 g/mol. The summed E-state index contributed by atoms with van der Waals surface area (Å²) in [5.41, 5.74) is 2.08. The maximum Gasteiger partial charge on any atom is 0.210 e. The molecule has 74 valence electrons. The second kappa shape index (κ2) is 3.40. The van der Waals surface area contributed by atoms with Gasteiger partial charge in [-0.15, -0.1) is 0 Å². The molecule has 2 rings (SSSR count). The number of carbonyl (C=O) groups is 1. The van der Waals surface area contributed by atoms with Gasteiger partial charge in [-0.25, -0.2) is 4.39 Å². The molecule has 0 spiro atoms. The van der Waals surface area contributed by atoms with Crippen molar-refractivity contribution in [3.63, 3.8) is 0 Å². The molecule has 1 aromatic carbocycles. The van der Waals surface area contributed by atoms with Crippen LogP contribution < -0.4 is 0 Å². The Labute approximate surface area is 82.3 Å². The van der Waals surface area contributed by atoms with Crippen LogP contribution in [0.15, 0.2) is 18.2 Å². The van der Waals surface area contributed by atoms with Crippen molar-refractivity contribution >= 4 is 6.41 Å². The van der Waals surface area contributed by atoms with Crippen molar-refractivity contribution in [1.29, 1.82) is 0 Å². The number of benzene rings is 1. The van der Waals surface area contributed by atoms with Crippen molar-refractivity contribution in [2.75, 3.05) is 6.54 Å². The third kappa shape index (κ3) is 1.39. The van der Waals surface area contributed by atoms with Crippen LogP contribution in [0.25, 0.3) is 0 Å². The Kier molecular flexibility index (Phi) is 2.23. The number of amides is 1. The Morgan fingerprint density at radius 3 is 3.07 bits per heavy atom. The van der Waals surface area contributed by atoms with Crippen LogP contribution in [0.4, 0.5) is 4.39 Å². The molecular formula is C11H12FNO. The minimum atomic E-state index is -0.233. The van der Waals surface area contributed by atoms with Gasteiger partial charge >= 0.3 is 0 Å². The number of rotatable bonds is 1. The first-order valence-corrected chi connectivity index (χ1v) is 4.71. The zero-order valence-corrected chi connectivity index (χ0v) is 8.03. The summed E-state index contributed by atoms with van der Waals surface area (Å²) in [6.45, 7) is 2.65. The van der Waals surface area contributed by atoms with Crippen LogP contribution in [0.1, 0.15) is 24.1 Å². The summed E-state index contributed by atoms with van der Waals surface area (Å²) in [7, 11) is 0. The zero-order valence-electron chi connectivity index (χ0n) is 8.03. The fourth-order valence-electron chi connectivity index (χ4n) is 1.95. The topological polar surface area (TPSA) is 20.3 Å². The van der Waals surface area contributed by atoms with Crippen LogP contribution >= 0.6 is 0 Å². The molecule has 14 heavy (non-hydrogen) atoms. The van der Waals surface area contributed by atoms with Gasteiger partial charge in [-0.2, -0.15) is 0 Å². The van der Waals surface area contributed by atoms with Crippen molar-refractivity contribution in [3.05, 3.63) is 35.1 Å². The Bertz CT molecular complexity index is 364. The molecule has 0 saturated heterocycles. The van der Waals surface area contributed by atoms with E-state index < -0.39 is 0 Å². The van der Waals surface area contributed by atoms with Crippen molar-refractivity contribution in [3.8, 4) is 0 Å². The molecule has 1 amide bonds. The van der Waals surface area contributed by atoms with E-state index in [0.717, 1.165) is 30.5 Å². The summed E-state index contributed by atoms with van der Waals surface area (Å²) in [5, 5.41) is 0. The van der Waals surface area contributed by atoms with Crippen LogP contribution in [0, 0.1) is 5.82 Å². The Balaban J connectivity index is 2.42.